The number of carbonyl (C=O) groups excluding carboxylic acids is 1. The predicted molar refractivity (Wildman–Crippen MR) is 123 cm³/mol. The molecular formula is C20H31Cl2N5O3. The molecule has 0 radical (unpaired) electrons. The first-order chi connectivity index (χ1) is 13.4. The Balaban J connectivity index is 0.00000225. The first-order valence-electron chi connectivity index (χ1n) is 9.99. The highest BCUT2D eigenvalue weighted by molar-refractivity contribution is 5.95. The molecule has 2 heterocycles. The third kappa shape index (κ3) is 5.62. The molecule has 2 aromatic heterocycles. The number of amides is 1. The lowest BCUT2D eigenvalue weighted by atomic mass is 10.1. The van der Waals surface area contributed by atoms with E-state index in [9.17, 15) is 14.4 Å². The molecule has 0 bridgehead atoms. The largest absolute Gasteiger partial charge is 0.349 e. The molecule has 10 heteroatoms. The summed E-state index contributed by atoms with van der Waals surface area (Å²) in [5, 5.41) is 6.74. The van der Waals surface area contributed by atoms with E-state index >= 15 is 0 Å². The number of carbonyl (C=O) groups is 1. The molecule has 0 aliphatic heterocycles. The average Bonchev–Trinajstić information content (AvgIpc) is 2.96. The summed E-state index contributed by atoms with van der Waals surface area (Å²) in [6.45, 7) is 2.96. The monoisotopic (exact) mass is 459 g/mol. The summed E-state index contributed by atoms with van der Waals surface area (Å²) in [7, 11) is 2.99. The zero-order chi connectivity index (χ0) is 20.3. The summed E-state index contributed by atoms with van der Waals surface area (Å²) in [6, 6.07) is 2.13. The number of aryl methyl sites for hydroxylation is 2. The van der Waals surface area contributed by atoms with Crippen LogP contribution in [0.5, 0.6) is 0 Å². The van der Waals surface area contributed by atoms with Crippen molar-refractivity contribution in [2.24, 2.45) is 14.1 Å². The third-order valence-corrected chi connectivity index (χ3v) is 5.54. The molecule has 30 heavy (non-hydrogen) atoms. The van der Waals surface area contributed by atoms with Crippen molar-refractivity contribution in [3.63, 3.8) is 0 Å². The molecule has 1 aliphatic rings. The van der Waals surface area contributed by atoms with Gasteiger partial charge in [-0.2, -0.15) is 0 Å². The van der Waals surface area contributed by atoms with Crippen LogP contribution in [0.1, 0.15) is 54.6 Å². The maximum absolute atomic E-state index is 12.5. The van der Waals surface area contributed by atoms with Crippen LogP contribution in [0.4, 0.5) is 0 Å². The Labute approximate surface area is 188 Å². The maximum Gasteiger partial charge on any atom is 0.332 e. The van der Waals surface area contributed by atoms with Crippen molar-refractivity contribution in [2.75, 3.05) is 13.1 Å². The zero-order valence-corrected chi connectivity index (χ0v) is 19.3. The quantitative estimate of drug-likeness (QED) is 0.524. The van der Waals surface area contributed by atoms with Crippen LogP contribution in [0.15, 0.2) is 15.7 Å². The fourth-order valence-electron chi connectivity index (χ4n) is 3.88. The van der Waals surface area contributed by atoms with E-state index in [4.69, 9.17) is 0 Å². The normalized spacial score (nSPS) is 14.5. The number of halogens is 2. The molecule has 0 saturated heterocycles. The Morgan fingerprint density at radius 2 is 1.70 bits per heavy atom. The van der Waals surface area contributed by atoms with Crippen LogP contribution in [0.25, 0.3) is 11.0 Å². The lowest BCUT2D eigenvalue weighted by molar-refractivity contribution is 0.0948. The van der Waals surface area contributed by atoms with E-state index in [2.05, 4.69) is 15.6 Å². The molecule has 0 spiro atoms. The highest BCUT2D eigenvalue weighted by atomic mass is 35.5. The van der Waals surface area contributed by atoms with E-state index in [1.54, 1.807) is 20.0 Å². The lowest BCUT2D eigenvalue weighted by Gasteiger charge is -2.16. The summed E-state index contributed by atoms with van der Waals surface area (Å²) < 4.78 is 2.35. The van der Waals surface area contributed by atoms with Gasteiger partial charge in [-0.1, -0.05) is 25.7 Å². The summed E-state index contributed by atoms with van der Waals surface area (Å²) in [5.41, 5.74) is 0.206. The second-order valence-corrected chi connectivity index (χ2v) is 7.63. The van der Waals surface area contributed by atoms with Gasteiger partial charge >= 0.3 is 5.69 Å². The van der Waals surface area contributed by atoms with Crippen LogP contribution < -0.4 is 21.9 Å². The molecule has 3 rings (SSSR count). The number of rotatable bonds is 5. The molecule has 0 atom stereocenters. The van der Waals surface area contributed by atoms with Gasteiger partial charge in [0, 0.05) is 33.2 Å². The van der Waals surface area contributed by atoms with E-state index in [-0.39, 0.29) is 42.1 Å². The summed E-state index contributed by atoms with van der Waals surface area (Å²) in [6.07, 6.45) is 7.55. The highest BCUT2D eigenvalue weighted by Gasteiger charge is 2.17. The van der Waals surface area contributed by atoms with Crippen LogP contribution in [0, 0.1) is 6.92 Å². The topological polar surface area (TPSA) is 98.0 Å². The molecule has 1 saturated carbocycles. The number of hydrogen-bond acceptors (Lipinski definition) is 5. The molecule has 1 fully saturated rings. The lowest BCUT2D eigenvalue weighted by Crippen LogP contribution is -2.39. The van der Waals surface area contributed by atoms with Crippen molar-refractivity contribution in [1.82, 2.24) is 24.8 Å². The molecule has 1 amide bonds. The van der Waals surface area contributed by atoms with Crippen molar-refractivity contribution in [1.29, 1.82) is 0 Å². The second-order valence-electron chi connectivity index (χ2n) is 7.63. The van der Waals surface area contributed by atoms with Crippen molar-refractivity contribution in [2.45, 2.75) is 51.5 Å². The fraction of sp³-hybridized carbons (Fsp3) is 0.600. The minimum absolute atomic E-state index is 0. The van der Waals surface area contributed by atoms with Crippen LogP contribution in [0.2, 0.25) is 0 Å². The standard InChI is InChI=1S/C20H29N5O3.2ClH/c1-13-12-15(23-17-16(13)19(27)25(3)20(28)24(17)2)18(26)22-11-10-21-14-8-6-4-5-7-9-14;;/h12,14,21H,4-11H2,1-3H3,(H,22,26);2*1H. The van der Waals surface area contributed by atoms with E-state index in [0.29, 0.717) is 30.1 Å². The van der Waals surface area contributed by atoms with Crippen LogP contribution in [-0.4, -0.2) is 39.2 Å². The van der Waals surface area contributed by atoms with Crippen molar-refractivity contribution in [3.8, 4) is 0 Å². The number of aromatic nitrogens is 3. The minimum Gasteiger partial charge on any atom is -0.349 e. The van der Waals surface area contributed by atoms with Crippen LogP contribution in [0.3, 0.4) is 0 Å². The van der Waals surface area contributed by atoms with E-state index in [0.717, 1.165) is 4.57 Å². The van der Waals surface area contributed by atoms with Crippen molar-refractivity contribution in [3.05, 3.63) is 38.2 Å². The number of nitrogens with zero attached hydrogens (tertiary/aromatic N) is 3. The molecule has 0 unspecified atom stereocenters. The summed E-state index contributed by atoms with van der Waals surface area (Å²) in [4.78, 5) is 41.4. The SMILES string of the molecule is Cc1cc(C(=O)NCCNC2CCCCCC2)nc2c1c(=O)n(C)c(=O)n2C.Cl.Cl. The Kier molecular flexibility index (Phi) is 10.0. The fourth-order valence-corrected chi connectivity index (χ4v) is 3.88. The zero-order valence-electron chi connectivity index (χ0n) is 17.7. The van der Waals surface area contributed by atoms with Gasteiger partial charge in [-0.25, -0.2) is 9.78 Å². The van der Waals surface area contributed by atoms with Crippen molar-refractivity contribution < 1.29 is 4.79 Å². The molecular weight excluding hydrogens is 429 g/mol. The van der Waals surface area contributed by atoms with E-state index < -0.39 is 11.2 Å². The highest BCUT2D eigenvalue weighted by Crippen LogP contribution is 2.17. The predicted octanol–water partition coefficient (Wildman–Crippen LogP) is 1.83. The number of fused-ring (bicyclic) bond motifs is 1. The van der Waals surface area contributed by atoms with Crippen LogP contribution >= 0.6 is 24.8 Å². The number of pyridine rings is 1. The molecule has 0 aromatic carbocycles. The van der Waals surface area contributed by atoms with Gasteiger partial charge in [0.2, 0.25) is 0 Å². The van der Waals surface area contributed by atoms with Crippen LogP contribution in [-0.2, 0) is 14.1 Å². The molecule has 2 aromatic rings. The Morgan fingerprint density at radius 3 is 2.33 bits per heavy atom. The molecule has 1 aliphatic carbocycles. The third-order valence-electron chi connectivity index (χ3n) is 5.54. The first kappa shape index (κ1) is 26.1. The van der Waals surface area contributed by atoms with Gasteiger partial charge in [-0.15, -0.1) is 24.8 Å². The average molecular weight is 460 g/mol. The van der Waals surface area contributed by atoms with Gasteiger partial charge in [-0.05, 0) is 31.4 Å². The molecule has 168 valence electrons. The molecule has 2 N–H and O–H groups in total. The first-order valence-corrected chi connectivity index (χ1v) is 9.99. The van der Waals surface area contributed by atoms with E-state index in [1.807, 2.05) is 0 Å². The van der Waals surface area contributed by atoms with E-state index in [1.165, 1.54) is 50.1 Å². The summed E-state index contributed by atoms with van der Waals surface area (Å²) in [5.74, 6) is -0.305. The van der Waals surface area contributed by atoms with Gasteiger partial charge in [0.1, 0.15) is 11.3 Å². The van der Waals surface area contributed by atoms with Gasteiger partial charge in [-0.3, -0.25) is 18.7 Å². The van der Waals surface area contributed by atoms with Gasteiger partial charge < -0.3 is 10.6 Å². The molecule has 8 nitrogen and oxygen atoms in total. The second kappa shape index (κ2) is 11.5. The Bertz CT molecular complexity index is 995. The number of hydrogen-bond donors (Lipinski definition) is 2. The summed E-state index contributed by atoms with van der Waals surface area (Å²) >= 11 is 0. The van der Waals surface area contributed by atoms with Gasteiger partial charge in [0.25, 0.3) is 11.5 Å². The smallest absolute Gasteiger partial charge is 0.332 e. The van der Waals surface area contributed by atoms with Gasteiger partial charge in [0.15, 0.2) is 0 Å². The van der Waals surface area contributed by atoms with Gasteiger partial charge in [0.05, 0.1) is 5.39 Å². The minimum atomic E-state index is -0.463. The Hall–Kier alpha value is -1.90. The van der Waals surface area contributed by atoms with Crippen molar-refractivity contribution >= 4 is 41.8 Å². The maximum atomic E-state index is 12.5. The number of nitrogens with one attached hydrogen (secondary N) is 2. The Morgan fingerprint density at radius 1 is 1.07 bits per heavy atom.